The summed E-state index contributed by atoms with van der Waals surface area (Å²) in [4.78, 5) is 0. The molecule has 14 heavy (non-hydrogen) atoms. The summed E-state index contributed by atoms with van der Waals surface area (Å²) in [6, 6.07) is 10.7. The van der Waals surface area contributed by atoms with Gasteiger partial charge in [0.25, 0.3) is 0 Å². The van der Waals surface area contributed by atoms with E-state index in [1.807, 2.05) is 11.3 Å². The molecule has 0 saturated carbocycles. The van der Waals surface area contributed by atoms with E-state index in [1.165, 1.54) is 20.3 Å². The summed E-state index contributed by atoms with van der Waals surface area (Å²) in [5.74, 6) is 0. The molecule has 0 aliphatic rings. The molecule has 1 aromatic carbocycles. The van der Waals surface area contributed by atoms with Gasteiger partial charge in [0.1, 0.15) is 0 Å². The van der Waals surface area contributed by atoms with Crippen molar-refractivity contribution in [2.45, 2.75) is 0 Å². The number of nitrogens with zero attached hydrogens (tertiary/aromatic N) is 1. The van der Waals surface area contributed by atoms with Gasteiger partial charge in [0.15, 0.2) is 0 Å². The van der Waals surface area contributed by atoms with Gasteiger partial charge in [0.2, 0.25) is 0 Å². The smallest absolute Gasteiger partial charge is 0.0863 e. The molecule has 3 aromatic rings. The Balaban J connectivity index is 2.62. The Kier molecular flexibility index (Phi) is 1.73. The molecule has 0 radical (unpaired) electrons. The van der Waals surface area contributed by atoms with Gasteiger partial charge in [-0.15, -0.1) is 11.3 Å². The minimum Gasteiger partial charge on any atom is -0.337 e. The molecule has 0 aliphatic heterocycles. The molecule has 2 aromatic heterocycles. The van der Waals surface area contributed by atoms with Crippen molar-refractivity contribution in [3.63, 3.8) is 0 Å². The van der Waals surface area contributed by atoms with Crippen molar-refractivity contribution in [1.82, 2.24) is 4.57 Å². The monoisotopic (exact) mass is 265 g/mol. The minimum absolute atomic E-state index is 1.14. The zero-order valence-electron chi connectivity index (χ0n) is 7.62. The lowest BCUT2D eigenvalue weighted by molar-refractivity contribution is 0.945. The van der Waals surface area contributed by atoms with Crippen LogP contribution >= 0.6 is 27.3 Å². The molecule has 0 N–H and O–H groups in total. The van der Waals surface area contributed by atoms with Crippen molar-refractivity contribution in [2.75, 3.05) is 0 Å². The molecule has 0 aliphatic carbocycles. The molecule has 2 heterocycles. The number of halogens is 1. The van der Waals surface area contributed by atoms with Crippen LogP contribution in [-0.4, -0.2) is 4.57 Å². The summed E-state index contributed by atoms with van der Waals surface area (Å²) in [5, 5.41) is 1.35. The van der Waals surface area contributed by atoms with Gasteiger partial charge in [-0.2, -0.15) is 0 Å². The number of rotatable bonds is 0. The van der Waals surface area contributed by atoms with Crippen LogP contribution in [0.1, 0.15) is 0 Å². The predicted octanol–water partition coefficient (Wildman–Crippen LogP) is 4.16. The highest BCUT2D eigenvalue weighted by Crippen LogP contribution is 2.36. The van der Waals surface area contributed by atoms with Crippen LogP contribution in [0.25, 0.3) is 20.3 Å². The molecule has 70 valence electrons. The largest absolute Gasteiger partial charge is 0.337 e. The van der Waals surface area contributed by atoms with Crippen LogP contribution < -0.4 is 0 Å². The average molecular weight is 266 g/mol. The van der Waals surface area contributed by atoms with Gasteiger partial charge in [-0.05, 0) is 28.1 Å². The Labute approximate surface area is 94.1 Å². The molecule has 0 unspecified atom stereocenters. The third kappa shape index (κ3) is 0.996. The number of fused-ring (bicyclic) bond motifs is 3. The van der Waals surface area contributed by atoms with E-state index in [-0.39, 0.29) is 0 Å². The second-order valence-corrected chi connectivity index (χ2v) is 5.23. The lowest BCUT2D eigenvalue weighted by Crippen LogP contribution is -1.85. The molecule has 0 bridgehead atoms. The van der Waals surface area contributed by atoms with Crippen LogP contribution in [0.15, 0.2) is 34.9 Å². The van der Waals surface area contributed by atoms with Crippen LogP contribution in [0, 0.1) is 0 Å². The molecule has 3 heteroatoms. The SMILES string of the molecule is Cn1c(Br)cc2sc3ccccc3c21. The molecule has 0 fully saturated rings. The first kappa shape index (κ1) is 8.50. The topological polar surface area (TPSA) is 4.93 Å². The third-order valence-electron chi connectivity index (χ3n) is 2.50. The summed E-state index contributed by atoms with van der Waals surface area (Å²) in [6.07, 6.45) is 0. The number of aromatic nitrogens is 1. The summed E-state index contributed by atoms with van der Waals surface area (Å²) >= 11 is 5.39. The minimum atomic E-state index is 1.14. The van der Waals surface area contributed by atoms with E-state index < -0.39 is 0 Å². The van der Waals surface area contributed by atoms with Crippen molar-refractivity contribution >= 4 is 47.6 Å². The highest BCUT2D eigenvalue weighted by molar-refractivity contribution is 9.10. The lowest BCUT2D eigenvalue weighted by atomic mass is 10.2. The lowest BCUT2D eigenvalue weighted by Gasteiger charge is -1.96. The number of benzene rings is 1. The first-order chi connectivity index (χ1) is 6.77. The molecule has 1 nitrogen and oxygen atoms in total. The summed E-state index contributed by atoms with van der Waals surface area (Å²) in [6.45, 7) is 0. The van der Waals surface area contributed by atoms with E-state index in [0.717, 1.165) is 4.60 Å². The van der Waals surface area contributed by atoms with Crippen LogP contribution in [0.2, 0.25) is 0 Å². The van der Waals surface area contributed by atoms with E-state index in [1.54, 1.807) is 0 Å². The number of hydrogen-bond donors (Lipinski definition) is 0. The quantitative estimate of drug-likeness (QED) is 0.576. The average Bonchev–Trinajstić information content (AvgIpc) is 2.65. The van der Waals surface area contributed by atoms with Gasteiger partial charge in [-0.25, -0.2) is 0 Å². The number of aryl methyl sites for hydroxylation is 1. The van der Waals surface area contributed by atoms with Crippen molar-refractivity contribution < 1.29 is 0 Å². The van der Waals surface area contributed by atoms with Crippen molar-refractivity contribution in [1.29, 1.82) is 0 Å². The van der Waals surface area contributed by atoms with E-state index in [0.29, 0.717) is 0 Å². The molecular weight excluding hydrogens is 258 g/mol. The zero-order chi connectivity index (χ0) is 9.71. The van der Waals surface area contributed by atoms with Crippen molar-refractivity contribution in [3.05, 3.63) is 34.9 Å². The standard InChI is InChI=1S/C11H8BrNS/c1-13-10(12)6-9-11(13)7-4-2-3-5-8(7)14-9/h2-6H,1H3. The summed E-state index contributed by atoms with van der Waals surface area (Å²) in [7, 11) is 2.09. The molecular formula is C11H8BrNS. The summed E-state index contributed by atoms with van der Waals surface area (Å²) < 4.78 is 6.04. The Bertz CT molecular complexity index is 621. The molecule has 0 amide bonds. The van der Waals surface area contributed by atoms with Crippen LogP contribution in [-0.2, 0) is 7.05 Å². The highest BCUT2D eigenvalue weighted by Gasteiger charge is 2.09. The zero-order valence-corrected chi connectivity index (χ0v) is 10.0. The van der Waals surface area contributed by atoms with Crippen LogP contribution in [0.5, 0.6) is 0 Å². The Morgan fingerprint density at radius 3 is 2.86 bits per heavy atom. The van der Waals surface area contributed by atoms with E-state index in [2.05, 4.69) is 57.9 Å². The highest BCUT2D eigenvalue weighted by atomic mass is 79.9. The fraction of sp³-hybridized carbons (Fsp3) is 0.0909. The van der Waals surface area contributed by atoms with Gasteiger partial charge in [-0.1, -0.05) is 18.2 Å². The fourth-order valence-electron chi connectivity index (χ4n) is 1.81. The fourth-order valence-corrected chi connectivity index (χ4v) is 3.54. The summed E-state index contributed by atoms with van der Waals surface area (Å²) in [5.41, 5.74) is 1.33. The Morgan fingerprint density at radius 1 is 1.21 bits per heavy atom. The second-order valence-electron chi connectivity index (χ2n) is 3.34. The Morgan fingerprint density at radius 2 is 2.00 bits per heavy atom. The maximum Gasteiger partial charge on any atom is 0.0863 e. The number of hydrogen-bond acceptors (Lipinski definition) is 1. The maximum absolute atomic E-state index is 3.54. The van der Waals surface area contributed by atoms with Gasteiger partial charge < -0.3 is 4.57 Å². The Hall–Kier alpha value is -0.800. The molecule has 0 spiro atoms. The van der Waals surface area contributed by atoms with Crippen LogP contribution in [0.4, 0.5) is 0 Å². The maximum atomic E-state index is 3.54. The van der Waals surface area contributed by atoms with Crippen molar-refractivity contribution in [2.24, 2.45) is 7.05 Å². The van der Waals surface area contributed by atoms with E-state index >= 15 is 0 Å². The molecule has 0 saturated heterocycles. The van der Waals surface area contributed by atoms with Crippen LogP contribution in [0.3, 0.4) is 0 Å². The van der Waals surface area contributed by atoms with Gasteiger partial charge >= 0.3 is 0 Å². The predicted molar refractivity (Wildman–Crippen MR) is 66.0 cm³/mol. The van der Waals surface area contributed by atoms with E-state index in [9.17, 15) is 0 Å². The van der Waals surface area contributed by atoms with Crippen molar-refractivity contribution in [3.8, 4) is 0 Å². The second kappa shape index (κ2) is 2.84. The first-order valence-electron chi connectivity index (χ1n) is 4.40. The van der Waals surface area contributed by atoms with Gasteiger partial charge in [0, 0.05) is 17.1 Å². The van der Waals surface area contributed by atoms with Gasteiger partial charge in [-0.3, -0.25) is 0 Å². The van der Waals surface area contributed by atoms with E-state index in [4.69, 9.17) is 0 Å². The molecule has 3 rings (SSSR count). The molecule has 0 atom stereocenters. The normalized spacial score (nSPS) is 11.6. The number of thiophene rings is 1. The van der Waals surface area contributed by atoms with Gasteiger partial charge in [0.05, 0.1) is 14.8 Å². The first-order valence-corrected chi connectivity index (χ1v) is 6.01. The third-order valence-corrected chi connectivity index (χ3v) is 4.37.